The van der Waals surface area contributed by atoms with Crippen molar-refractivity contribution < 1.29 is 23.6 Å². The Morgan fingerprint density at radius 2 is 1.88 bits per heavy atom. The van der Waals surface area contributed by atoms with Gasteiger partial charge in [-0.3, -0.25) is 4.79 Å². The summed E-state index contributed by atoms with van der Waals surface area (Å²) in [6.07, 6.45) is 0. The van der Waals surface area contributed by atoms with Crippen molar-refractivity contribution in [2.75, 3.05) is 33.0 Å². The van der Waals surface area contributed by atoms with Crippen LogP contribution in [0.15, 0.2) is 36.4 Å². The van der Waals surface area contributed by atoms with E-state index in [9.17, 15) is 9.18 Å². The number of piperazine rings is 1. The summed E-state index contributed by atoms with van der Waals surface area (Å²) in [5.74, 6) is 0.966. The highest BCUT2D eigenvalue weighted by Gasteiger charge is 2.26. The first kappa shape index (κ1) is 17.1. The number of halogens is 2. The smallest absolute Gasteiger partial charge is 0.254 e. The first-order chi connectivity index (χ1) is 12.6. The molecule has 2 aromatic carbocycles. The largest absolute Gasteiger partial charge is 0.454 e. The van der Waals surface area contributed by atoms with Gasteiger partial charge in [0.15, 0.2) is 11.5 Å². The summed E-state index contributed by atoms with van der Waals surface area (Å²) in [6, 6.07) is 9.79. The number of carbonyl (C=O) groups is 1. The van der Waals surface area contributed by atoms with Crippen molar-refractivity contribution in [1.29, 1.82) is 0 Å². The molecule has 0 bridgehead atoms. The van der Waals surface area contributed by atoms with Crippen LogP contribution in [0.4, 0.5) is 4.39 Å². The van der Waals surface area contributed by atoms with Crippen molar-refractivity contribution in [1.82, 2.24) is 4.90 Å². The zero-order chi connectivity index (χ0) is 18.1. The molecule has 26 heavy (non-hydrogen) atoms. The van der Waals surface area contributed by atoms with E-state index in [2.05, 4.69) is 0 Å². The summed E-state index contributed by atoms with van der Waals surface area (Å²) in [7, 11) is 0. The molecule has 2 aliphatic heterocycles. The van der Waals surface area contributed by atoms with Gasteiger partial charge in [0.05, 0.1) is 31.2 Å². The molecule has 136 valence electrons. The second-order valence-corrected chi connectivity index (χ2v) is 6.93. The molecule has 2 heterocycles. The molecular weight excluding hydrogens is 359 g/mol. The molecule has 0 radical (unpaired) electrons. The number of ether oxygens (including phenoxy) is 2. The number of fused-ring (bicyclic) bond motifs is 1. The molecule has 7 heteroatoms. The van der Waals surface area contributed by atoms with Crippen molar-refractivity contribution in [3.05, 3.63) is 58.4 Å². The second-order valence-electron chi connectivity index (χ2n) is 6.52. The lowest BCUT2D eigenvalue weighted by Crippen LogP contribution is -3.13. The maximum Gasteiger partial charge on any atom is 0.254 e. The zero-order valence-electron chi connectivity index (χ0n) is 14.1. The molecule has 1 amide bonds. The van der Waals surface area contributed by atoms with E-state index in [4.69, 9.17) is 21.1 Å². The second kappa shape index (κ2) is 7.13. The standard InChI is InChI=1S/C19H18ClFN2O3/c20-16-10-15(21)3-1-14(16)11-22-5-7-23(8-6-22)19(24)13-2-4-17-18(9-13)26-12-25-17/h1-4,9-10H,5-8,11-12H2/p+1. The van der Waals surface area contributed by atoms with E-state index in [1.807, 2.05) is 4.90 Å². The SMILES string of the molecule is O=C(c1ccc2c(c1)OCO2)N1CC[NH+](Cc2ccc(F)cc2Cl)CC1. The minimum atomic E-state index is -0.326. The van der Waals surface area contributed by atoms with E-state index < -0.39 is 0 Å². The highest BCUT2D eigenvalue weighted by Crippen LogP contribution is 2.32. The molecule has 1 N–H and O–H groups in total. The van der Waals surface area contributed by atoms with Crippen molar-refractivity contribution in [3.8, 4) is 11.5 Å². The predicted molar refractivity (Wildman–Crippen MR) is 94.3 cm³/mol. The molecule has 0 atom stereocenters. The molecular formula is C19H19ClFN2O3+. The molecule has 2 aromatic rings. The Hall–Kier alpha value is -2.31. The van der Waals surface area contributed by atoms with Crippen LogP contribution < -0.4 is 14.4 Å². The number of nitrogens with zero attached hydrogens (tertiary/aromatic N) is 1. The Balaban J connectivity index is 1.36. The fourth-order valence-corrected chi connectivity index (χ4v) is 3.58. The monoisotopic (exact) mass is 377 g/mol. The average molecular weight is 378 g/mol. The van der Waals surface area contributed by atoms with Gasteiger partial charge in [-0.05, 0) is 36.4 Å². The number of benzene rings is 2. The summed E-state index contributed by atoms with van der Waals surface area (Å²) in [4.78, 5) is 15.9. The number of rotatable bonds is 3. The van der Waals surface area contributed by atoms with Gasteiger partial charge >= 0.3 is 0 Å². The average Bonchev–Trinajstić information content (AvgIpc) is 3.12. The van der Waals surface area contributed by atoms with Crippen LogP contribution in [0.25, 0.3) is 0 Å². The van der Waals surface area contributed by atoms with E-state index in [-0.39, 0.29) is 18.5 Å². The topological polar surface area (TPSA) is 43.2 Å². The molecule has 4 rings (SSSR count). The lowest BCUT2D eigenvalue weighted by molar-refractivity contribution is -0.917. The third-order valence-electron chi connectivity index (χ3n) is 4.83. The Kier molecular flexibility index (Phi) is 4.70. The molecule has 0 aromatic heterocycles. The molecule has 5 nitrogen and oxygen atoms in total. The van der Waals surface area contributed by atoms with Gasteiger partial charge in [0, 0.05) is 11.1 Å². The van der Waals surface area contributed by atoms with E-state index >= 15 is 0 Å². The summed E-state index contributed by atoms with van der Waals surface area (Å²) >= 11 is 6.11. The number of hydrogen-bond donors (Lipinski definition) is 1. The lowest BCUT2D eigenvalue weighted by atomic mass is 10.1. The van der Waals surface area contributed by atoms with Crippen LogP contribution in [0.3, 0.4) is 0 Å². The van der Waals surface area contributed by atoms with Gasteiger partial charge in [-0.1, -0.05) is 11.6 Å². The highest BCUT2D eigenvalue weighted by molar-refractivity contribution is 6.31. The zero-order valence-corrected chi connectivity index (χ0v) is 14.9. The fourth-order valence-electron chi connectivity index (χ4n) is 3.35. The van der Waals surface area contributed by atoms with Crippen LogP contribution in [0.2, 0.25) is 5.02 Å². The molecule has 0 saturated carbocycles. The Morgan fingerprint density at radius 1 is 1.12 bits per heavy atom. The quantitative estimate of drug-likeness (QED) is 0.886. The van der Waals surface area contributed by atoms with Gasteiger partial charge in [-0.2, -0.15) is 0 Å². The van der Waals surface area contributed by atoms with Gasteiger partial charge in [-0.15, -0.1) is 0 Å². The van der Waals surface area contributed by atoms with E-state index in [1.165, 1.54) is 17.0 Å². The van der Waals surface area contributed by atoms with E-state index in [0.29, 0.717) is 35.2 Å². The van der Waals surface area contributed by atoms with Crippen LogP contribution in [-0.2, 0) is 6.54 Å². The Labute approximate surface area is 155 Å². The number of nitrogens with one attached hydrogen (secondary N) is 1. The Morgan fingerprint density at radius 3 is 2.65 bits per heavy atom. The summed E-state index contributed by atoms with van der Waals surface area (Å²) in [5.41, 5.74) is 1.54. The van der Waals surface area contributed by atoms with Gasteiger partial charge in [0.25, 0.3) is 5.91 Å². The minimum absolute atomic E-state index is 0.00200. The maximum atomic E-state index is 13.2. The molecule has 0 spiro atoms. The molecule has 2 aliphatic rings. The number of amides is 1. The Bertz CT molecular complexity index is 838. The van der Waals surface area contributed by atoms with Crippen LogP contribution in [0.5, 0.6) is 11.5 Å². The molecule has 1 saturated heterocycles. The van der Waals surface area contributed by atoms with Crippen molar-refractivity contribution in [2.24, 2.45) is 0 Å². The van der Waals surface area contributed by atoms with Gasteiger partial charge in [-0.25, -0.2) is 4.39 Å². The van der Waals surface area contributed by atoms with Crippen molar-refractivity contribution in [3.63, 3.8) is 0 Å². The summed E-state index contributed by atoms with van der Waals surface area (Å²) in [5, 5.41) is 0.455. The third-order valence-corrected chi connectivity index (χ3v) is 5.18. The van der Waals surface area contributed by atoms with Crippen LogP contribution in [0.1, 0.15) is 15.9 Å². The van der Waals surface area contributed by atoms with Crippen LogP contribution in [-0.4, -0.2) is 43.8 Å². The third kappa shape index (κ3) is 3.48. The fraction of sp³-hybridized carbons (Fsp3) is 0.316. The van der Waals surface area contributed by atoms with Crippen molar-refractivity contribution in [2.45, 2.75) is 6.54 Å². The normalized spacial score (nSPS) is 16.8. The number of quaternary nitrogens is 1. The maximum absolute atomic E-state index is 13.2. The van der Waals surface area contributed by atoms with E-state index in [1.54, 1.807) is 24.3 Å². The van der Waals surface area contributed by atoms with Gasteiger partial charge in [0.1, 0.15) is 12.4 Å². The number of hydrogen-bond acceptors (Lipinski definition) is 3. The van der Waals surface area contributed by atoms with Gasteiger partial charge < -0.3 is 19.3 Å². The van der Waals surface area contributed by atoms with Crippen LogP contribution in [0, 0.1) is 5.82 Å². The van der Waals surface area contributed by atoms with Gasteiger partial charge in [0.2, 0.25) is 6.79 Å². The molecule has 1 fully saturated rings. The number of carbonyl (C=O) groups excluding carboxylic acids is 1. The molecule has 0 aliphatic carbocycles. The highest BCUT2D eigenvalue weighted by atomic mass is 35.5. The lowest BCUT2D eigenvalue weighted by Gasteiger charge is -2.32. The first-order valence-corrected chi connectivity index (χ1v) is 8.94. The van der Waals surface area contributed by atoms with Crippen molar-refractivity contribution >= 4 is 17.5 Å². The van der Waals surface area contributed by atoms with E-state index in [0.717, 1.165) is 25.2 Å². The predicted octanol–water partition coefficient (Wildman–Crippen LogP) is 1.75. The summed E-state index contributed by atoms with van der Waals surface area (Å²) in [6.45, 7) is 3.91. The minimum Gasteiger partial charge on any atom is -0.454 e. The molecule has 0 unspecified atom stereocenters. The van der Waals surface area contributed by atoms with Crippen LogP contribution >= 0.6 is 11.6 Å². The summed E-state index contributed by atoms with van der Waals surface area (Å²) < 4.78 is 23.8. The first-order valence-electron chi connectivity index (χ1n) is 8.56.